The predicted molar refractivity (Wildman–Crippen MR) is 79.6 cm³/mol. The molecule has 1 heterocycles. The van der Waals surface area contributed by atoms with Crippen LogP contribution in [0.3, 0.4) is 0 Å². The third kappa shape index (κ3) is 4.66. The molecule has 0 saturated carbocycles. The Morgan fingerprint density at radius 2 is 2.04 bits per heavy atom. The number of halogens is 3. The van der Waals surface area contributed by atoms with Gasteiger partial charge in [0.2, 0.25) is 11.1 Å². The van der Waals surface area contributed by atoms with E-state index in [-0.39, 0.29) is 29.3 Å². The maximum atomic E-state index is 12.1. The Kier molecular flexibility index (Phi) is 5.54. The van der Waals surface area contributed by atoms with E-state index >= 15 is 0 Å². The minimum Gasteiger partial charge on any atom is -0.435 e. The Morgan fingerprint density at radius 3 is 2.57 bits per heavy atom. The van der Waals surface area contributed by atoms with Crippen molar-refractivity contribution in [3.8, 4) is 5.75 Å². The van der Waals surface area contributed by atoms with Crippen LogP contribution in [0.1, 0.15) is 29.8 Å². The third-order valence-corrected chi connectivity index (χ3v) is 3.55. The molecule has 0 aliphatic carbocycles. The fourth-order valence-corrected chi connectivity index (χ4v) is 2.27. The lowest BCUT2D eigenvalue weighted by molar-refractivity contribution is -0.121. The molecule has 2 aromatic rings. The van der Waals surface area contributed by atoms with Crippen LogP contribution in [0.2, 0.25) is 5.22 Å². The van der Waals surface area contributed by atoms with E-state index in [9.17, 15) is 13.6 Å². The molecule has 1 N–H and O–H groups in total. The van der Waals surface area contributed by atoms with Gasteiger partial charge in [-0.1, -0.05) is 17.3 Å². The summed E-state index contributed by atoms with van der Waals surface area (Å²) < 4.78 is 33.3. The number of alkyl halides is 2. The average molecular weight is 345 g/mol. The smallest absolute Gasteiger partial charge is 0.387 e. The molecule has 0 aliphatic heterocycles. The monoisotopic (exact) mass is 344 g/mol. The zero-order chi connectivity index (χ0) is 17.0. The molecule has 1 atom stereocenters. The molecule has 0 radical (unpaired) electrons. The number of nitrogens with one attached hydrogen (secondary N) is 1. The van der Waals surface area contributed by atoms with Crippen LogP contribution in [-0.2, 0) is 11.2 Å². The summed E-state index contributed by atoms with van der Waals surface area (Å²) in [5.41, 5.74) is 1.86. The van der Waals surface area contributed by atoms with Gasteiger partial charge in [-0.05, 0) is 43.1 Å². The van der Waals surface area contributed by atoms with Crippen molar-refractivity contribution < 1.29 is 22.8 Å². The van der Waals surface area contributed by atoms with Crippen LogP contribution >= 0.6 is 11.6 Å². The summed E-state index contributed by atoms with van der Waals surface area (Å²) in [4.78, 5) is 12.0. The number of aromatic nitrogens is 1. The summed E-state index contributed by atoms with van der Waals surface area (Å²) in [5, 5.41) is 6.57. The molecule has 0 fully saturated rings. The molecule has 1 aromatic carbocycles. The molecular weight excluding hydrogens is 330 g/mol. The largest absolute Gasteiger partial charge is 0.435 e. The number of nitrogens with zero attached hydrogens (tertiary/aromatic N) is 1. The highest BCUT2D eigenvalue weighted by Crippen LogP contribution is 2.21. The van der Waals surface area contributed by atoms with Gasteiger partial charge in [0, 0.05) is 5.56 Å². The number of rotatable bonds is 6. The molecule has 23 heavy (non-hydrogen) atoms. The summed E-state index contributed by atoms with van der Waals surface area (Å²) in [6.07, 6.45) is 0.0467. The zero-order valence-electron chi connectivity index (χ0n) is 12.5. The molecule has 0 aliphatic rings. The van der Waals surface area contributed by atoms with Crippen LogP contribution < -0.4 is 10.1 Å². The van der Waals surface area contributed by atoms with Crippen molar-refractivity contribution in [2.75, 3.05) is 0 Å². The van der Waals surface area contributed by atoms with E-state index in [0.29, 0.717) is 11.3 Å². The van der Waals surface area contributed by atoms with Gasteiger partial charge >= 0.3 is 6.61 Å². The van der Waals surface area contributed by atoms with Gasteiger partial charge in [-0.15, -0.1) is 0 Å². The number of aryl methyl sites for hydroxylation is 1. The van der Waals surface area contributed by atoms with E-state index in [0.717, 1.165) is 5.56 Å². The van der Waals surface area contributed by atoms with Crippen LogP contribution in [0.25, 0.3) is 0 Å². The van der Waals surface area contributed by atoms with Crippen LogP contribution in [-0.4, -0.2) is 17.7 Å². The molecule has 0 saturated heterocycles. The Bertz CT molecular complexity index is 654. The number of ether oxygens (including phenoxy) is 1. The predicted octanol–water partition coefficient (Wildman–Crippen LogP) is 3.66. The van der Waals surface area contributed by atoms with Crippen molar-refractivity contribution in [1.82, 2.24) is 10.5 Å². The maximum Gasteiger partial charge on any atom is 0.387 e. The number of benzene rings is 1. The Hall–Kier alpha value is -2.15. The standard InChI is InChI=1S/C15H15ClF2N2O3/c1-8(10-3-5-11(6-4-10)22-15(17)18)19-13(21)7-12-9(2)20-23-14(12)16/h3-6,8,15H,7H2,1-2H3,(H,19,21)/t8-/m0/s1. The van der Waals surface area contributed by atoms with Crippen molar-refractivity contribution >= 4 is 17.5 Å². The molecule has 8 heteroatoms. The first-order valence-corrected chi connectivity index (χ1v) is 7.19. The molecule has 0 spiro atoms. The average Bonchev–Trinajstić information content (AvgIpc) is 2.79. The summed E-state index contributed by atoms with van der Waals surface area (Å²) in [6, 6.07) is 5.76. The number of hydrogen-bond acceptors (Lipinski definition) is 4. The van der Waals surface area contributed by atoms with Gasteiger partial charge in [-0.25, -0.2) is 0 Å². The lowest BCUT2D eigenvalue weighted by atomic mass is 10.1. The molecule has 1 amide bonds. The molecule has 0 unspecified atom stereocenters. The lowest BCUT2D eigenvalue weighted by Gasteiger charge is -2.15. The van der Waals surface area contributed by atoms with Crippen molar-refractivity contribution in [1.29, 1.82) is 0 Å². The van der Waals surface area contributed by atoms with Gasteiger partial charge in [0.25, 0.3) is 0 Å². The molecule has 0 bridgehead atoms. The second kappa shape index (κ2) is 7.41. The highest BCUT2D eigenvalue weighted by molar-refractivity contribution is 6.29. The summed E-state index contributed by atoms with van der Waals surface area (Å²) in [7, 11) is 0. The van der Waals surface area contributed by atoms with Crippen molar-refractivity contribution in [2.45, 2.75) is 32.9 Å². The van der Waals surface area contributed by atoms with Gasteiger partial charge < -0.3 is 14.6 Å². The van der Waals surface area contributed by atoms with Gasteiger partial charge in [-0.2, -0.15) is 8.78 Å². The Morgan fingerprint density at radius 1 is 1.39 bits per heavy atom. The number of amides is 1. The van der Waals surface area contributed by atoms with E-state index in [4.69, 9.17) is 16.1 Å². The van der Waals surface area contributed by atoms with Crippen molar-refractivity contribution in [3.63, 3.8) is 0 Å². The van der Waals surface area contributed by atoms with E-state index < -0.39 is 6.61 Å². The maximum absolute atomic E-state index is 12.1. The minimum atomic E-state index is -2.87. The highest BCUT2D eigenvalue weighted by atomic mass is 35.5. The molecular formula is C15H15ClF2N2O3. The number of carbonyl (C=O) groups excluding carboxylic acids is 1. The van der Waals surface area contributed by atoms with Crippen LogP contribution in [0.15, 0.2) is 28.8 Å². The second-order valence-electron chi connectivity index (χ2n) is 4.93. The van der Waals surface area contributed by atoms with E-state index in [2.05, 4.69) is 15.2 Å². The molecule has 124 valence electrons. The van der Waals surface area contributed by atoms with Crippen LogP contribution in [0, 0.1) is 6.92 Å². The fourth-order valence-electron chi connectivity index (χ4n) is 2.03. The summed E-state index contributed by atoms with van der Waals surface area (Å²) in [5.74, 6) is -0.187. The lowest BCUT2D eigenvalue weighted by Crippen LogP contribution is -2.28. The molecule has 2 rings (SSSR count). The van der Waals surface area contributed by atoms with Crippen LogP contribution in [0.4, 0.5) is 8.78 Å². The number of hydrogen-bond donors (Lipinski definition) is 1. The molecule has 1 aromatic heterocycles. The van der Waals surface area contributed by atoms with Gasteiger partial charge in [0.1, 0.15) is 5.75 Å². The van der Waals surface area contributed by atoms with Gasteiger partial charge in [0.15, 0.2) is 0 Å². The highest BCUT2D eigenvalue weighted by Gasteiger charge is 2.17. The summed E-state index contributed by atoms with van der Waals surface area (Å²) >= 11 is 5.82. The van der Waals surface area contributed by atoms with Crippen molar-refractivity contribution in [3.05, 3.63) is 46.3 Å². The Balaban J connectivity index is 1.95. The first kappa shape index (κ1) is 17.2. The fraction of sp³-hybridized carbons (Fsp3) is 0.333. The molecule has 5 nitrogen and oxygen atoms in total. The Labute approximate surface area is 136 Å². The van der Waals surface area contributed by atoms with Crippen molar-refractivity contribution in [2.24, 2.45) is 0 Å². The van der Waals surface area contributed by atoms with Gasteiger partial charge in [-0.3, -0.25) is 4.79 Å². The van der Waals surface area contributed by atoms with E-state index in [1.54, 1.807) is 26.0 Å². The second-order valence-corrected chi connectivity index (χ2v) is 5.28. The first-order valence-electron chi connectivity index (χ1n) is 6.81. The van der Waals surface area contributed by atoms with Crippen LogP contribution in [0.5, 0.6) is 5.75 Å². The first-order chi connectivity index (χ1) is 10.9. The zero-order valence-corrected chi connectivity index (χ0v) is 13.2. The quantitative estimate of drug-likeness (QED) is 0.868. The topological polar surface area (TPSA) is 64.4 Å². The SMILES string of the molecule is Cc1noc(Cl)c1CC(=O)N[C@@H](C)c1ccc(OC(F)F)cc1. The van der Waals surface area contributed by atoms with Gasteiger partial charge in [0.05, 0.1) is 18.2 Å². The van der Waals surface area contributed by atoms with E-state index in [1.807, 2.05) is 0 Å². The summed E-state index contributed by atoms with van der Waals surface area (Å²) in [6.45, 7) is 0.612. The minimum absolute atomic E-state index is 0.0467. The van der Waals surface area contributed by atoms with E-state index in [1.165, 1.54) is 12.1 Å². The normalized spacial score (nSPS) is 12.3. The third-order valence-electron chi connectivity index (χ3n) is 3.26. The number of carbonyl (C=O) groups is 1.